The molecule has 0 bridgehead atoms. The van der Waals surface area contributed by atoms with E-state index in [1.807, 2.05) is 0 Å². The molecule has 0 radical (unpaired) electrons. The van der Waals surface area contributed by atoms with Crippen LogP contribution in [0.15, 0.2) is 27.6 Å². The molecule has 1 saturated heterocycles. The highest BCUT2D eigenvalue weighted by molar-refractivity contribution is 9.10. The molecule has 0 aromatic heterocycles. The maximum Gasteiger partial charge on any atom is 0.322 e. The fourth-order valence-corrected chi connectivity index (χ4v) is 3.85. The average molecular weight is 338 g/mol. The van der Waals surface area contributed by atoms with Crippen molar-refractivity contribution in [2.24, 2.45) is 0 Å². The smallest absolute Gasteiger partial charge is 0.322 e. The van der Waals surface area contributed by atoms with E-state index in [2.05, 4.69) is 15.9 Å². The fourth-order valence-electron chi connectivity index (χ4n) is 1.67. The molecular weight excluding hydrogens is 329 g/mol. The molecule has 0 spiro atoms. The molecule has 1 heterocycles. The Morgan fingerprint density at radius 1 is 1.50 bits per heavy atom. The lowest BCUT2D eigenvalue weighted by Crippen LogP contribution is -2.54. The SMILES string of the molecule is O=C(O)C1CCN1S(=O)(=O)c1ccc(F)c(Br)c1. The lowest BCUT2D eigenvalue weighted by Gasteiger charge is -2.36. The van der Waals surface area contributed by atoms with Crippen LogP contribution in [0.3, 0.4) is 0 Å². The van der Waals surface area contributed by atoms with Gasteiger partial charge in [-0.2, -0.15) is 4.31 Å². The van der Waals surface area contributed by atoms with Crippen LogP contribution in [0.25, 0.3) is 0 Å². The number of nitrogens with zero attached hydrogens (tertiary/aromatic N) is 1. The number of hydrogen-bond donors (Lipinski definition) is 1. The number of carboxylic acids is 1. The highest BCUT2D eigenvalue weighted by atomic mass is 79.9. The van der Waals surface area contributed by atoms with Crippen molar-refractivity contribution in [3.63, 3.8) is 0 Å². The van der Waals surface area contributed by atoms with Crippen LogP contribution in [-0.2, 0) is 14.8 Å². The quantitative estimate of drug-likeness (QED) is 0.905. The Bertz CT molecular complexity index is 604. The van der Waals surface area contributed by atoms with Crippen LogP contribution in [0.2, 0.25) is 0 Å². The fraction of sp³-hybridized carbons (Fsp3) is 0.300. The Morgan fingerprint density at radius 3 is 2.61 bits per heavy atom. The molecule has 1 aliphatic heterocycles. The van der Waals surface area contributed by atoms with Gasteiger partial charge in [-0.05, 0) is 40.5 Å². The summed E-state index contributed by atoms with van der Waals surface area (Å²) in [5.41, 5.74) is 0. The first-order chi connectivity index (χ1) is 8.34. The number of rotatable bonds is 3. The normalized spacial score (nSPS) is 20.4. The van der Waals surface area contributed by atoms with Crippen molar-refractivity contribution in [3.8, 4) is 0 Å². The van der Waals surface area contributed by atoms with Crippen LogP contribution in [-0.4, -0.2) is 36.4 Å². The Labute approximate surface area is 111 Å². The highest BCUT2D eigenvalue weighted by Crippen LogP contribution is 2.29. The summed E-state index contributed by atoms with van der Waals surface area (Å²) < 4.78 is 38.2. The summed E-state index contributed by atoms with van der Waals surface area (Å²) in [7, 11) is -3.88. The minimum atomic E-state index is -3.88. The molecule has 18 heavy (non-hydrogen) atoms. The molecule has 0 aliphatic carbocycles. The Morgan fingerprint density at radius 2 is 2.17 bits per heavy atom. The number of hydrogen-bond acceptors (Lipinski definition) is 3. The predicted molar refractivity (Wildman–Crippen MR) is 64.0 cm³/mol. The first-order valence-corrected chi connectivity index (χ1v) is 7.27. The van der Waals surface area contributed by atoms with Crippen LogP contribution in [0, 0.1) is 5.82 Å². The van der Waals surface area contributed by atoms with Gasteiger partial charge >= 0.3 is 5.97 Å². The van der Waals surface area contributed by atoms with Crippen molar-refractivity contribution in [2.45, 2.75) is 17.4 Å². The maximum atomic E-state index is 13.0. The second-order valence-electron chi connectivity index (χ2n) is 3.83. The van der Waals surface area contributed by atoms with Crippen molar-refractivity contribution >= 4 is 31.9 Å². The van der Waals surface area contributed by atoms with E-state index in [1.54, 1.807) is 0 Å². The molecule has 1 unspecified atom stereocenters. The third-order valence-corrected chi connectivity index (χ3v) is 5.27. The number of halogens is 2. The summed E-state index contributed by atoms with van der Waals surface area (Å²) in [6.07, 6.45) is 0.289. The molecule has 98 valence electrons. The highest BCUT2D eigenvalue weighted by Gasteiger charge is 2.42. The summed E-state index contributed by atoms with van der Waals surface area (Å²) in [6.45, 7) is 0.161. The molecule has 0 saturated carbocycles. The van der Waals surface area contributed by atoms with Gasteiger partial charge in [0, 0.05) is 6.54 Å². The maximum absolute atomic E-state index is 13.0. The molecule has 1 atom stereocenters. The molecule has 5 nitrogen and oxygen atoms in total. The molecule has 1 N–H and O–H groups in total. The lowest BCUT2D eigenvalue weighted by molar-refractivity contribution is -0.144. The summed E-state index contributed by atoms with van der Waals surface area (Å²) in [6, 6.07) is 2.24. The zero-order chi connectivity index (χ0) is 13.5. The first-order valence-electron chi connectivity index (χ1n) is 5.04. The van der Waals surface area contributed by atoms with E-state index in [0.717, 1.165) is 22.5 Å². The third kappa shape index (κ3) is 2.15. The Hall–Kier alpha value is -0.990. The van der Waals surface area contributed by atoms with Crippen molar-refractivity contribution in [1.29, 1.82) is 0 Å². The van der Waals surface area contributed by atoms with Gasteiger partial charge in [-0.3, -0.25) is 4.79 Å². The molecule has 1 aliphatic rings. The minimum absolute atomic E-state index is 0.0240. The molecule has 2 rings (SSSR count). The summed E-state index contributed by atoms with van der Waals surface area (Å²) in [5.74, 6) is -1.75. The number of sulfonamides is 1. The summed E-state index contributed by atoms with van der Waals surface area (Å²) in [4.78, 5) is 10.7. The zero-order valence-corrected chi connectivity index (χ0v) is 11.4. The van der Waals surface area contributed by atoms with Gasteiger partial charge in [0.15, 0.2) is 0 Å². The Balaban J connectivity index is 2.37. The van der Waals surface area contributed by atoms with Crippen molar-refractivity contribution < 1.29 is 22.7 Å². The second kappa shape index (κ2) is 4.60. The van der Waals surface area contributed by atoms with Crippen molar-refractivity contribution in [2.75, 3.05) is 6.54 Å². The summed E-state index contributed by atoms with van der Waals surface area (Å²) >= 11 is 2.90. The van der Waals surface area contributed by atoms with Crippen molar-refractivity contribution in [1.82, 2.24) is 4.31 Å². The van der Waals surface area contributed by atoms with Gasteiger partial charge in [-0.1, -0.05) is 0 Å². The van der Waals surface area contributed by atoms with E-state index >= 15 is 0 Å². The first kappa shape index (κ1) is 13.4. The molecule has 0 amide bonds. The number of benzene rings is 1. The Kier molecular flexibility index (Phi) is 3.43. The van der Waals surface area contributed by atoms with Gasteiger partial charge in [-0.25, -0.2) is 12.8 Å². The van der Waals surface area contributed by atoms with Gasteiger partial charge in [0.05, 0.1) is 9.37 Å². The monoisotopic (exact) mass is 337 g/mol. The molecule has 1 fully saturated rings. The van der Waals surface area contributed by atoms with E-state index in [9.17, 15) is 17.6 Å². The topological polar surface area (TPSA) is 74.7 Å². The molecule has 8 heteroatoms. The zero-order valence-electron chi connectivity index (χ0n) is 9.01. The second-order valence-corrected chi connectivity index (χ2v) is 6.58. The van der Waals surface area contributed by atoms with E-state index in [-0.39, 0.29) is 22.3 Å². The van der Waals surface area contributed by atoms with E-state index in [0.29, 0.717) is 0 Å². The standard InChI is InChI=1S/C10H9BrFNO4S/c11-7-5-6(1-2-8(7)12)18(16,17)13-4-3-9(13)10(14)15/h1-2,5,9H,3-4H2,(H,14,15). The molecule has 1 aromatic rings. The van der Waals surface area contributed by atoms with Crippen LogP contribution < -0.4 is 0 Å². The van der Waals surface area contributed by atoms with Gasteiger partial charge in [0.1, 0.15) is 11.9 Å². The average Bonchev–Trinajstić information content (AvgIpc) is 2.18. The molecular formula is C10H9BrFNO4S. The van der Waals surface area contributed by atoms with Gasteiger partial charge in [-0.15, -0.1) is 0 Å². The van der Waals surface area contributed by atoms with Crippen LogP contribution >= 0.6 is 15.9 Å². The number of aliphatic carboxylic acids is 1. The van der Waals surface area contributed by atoms with Crippen LogP contribution in [0.5, 0.6) is 0 Å². The lowest BCUT2D eigenvalue weighted by atomic mass is 10.1. The predicted octanol–water partition coefficient (Wildman–Crippen LogP) is 1.44. The van der Waals surface area contributed by atoms with Gasteiger partial charge in [0.25, 0.3) is 0 Å². The van der Waals surface area contributed by atoms with Crippen molar-refractivity contribution in [3.05, 3.63) is 28.5 Å². The van der Waals surface area contributed by atoms with E-state index in [1.165, 1.54) is 0 Å². The largest absolute Gasteiger partial charge is 0.480 e. The third-order valence-electron chi connectivity index (χ3n) is 2.75. The minimum Gasteiger partial charge on any atom is -0.480 e. The van der Waals surface area contributed by atoms with Gasteiger partial charge in [0.2, 0.25) is 10.0 Å². The number of carboxylic acid groups (broad SMARTS) is 1. The molecule has 1 aromatic carbocycles. The van der Waals surface area contributed by atoms with E-state index < -0.39 is 27.9 Å². The van der Waals surface area contributed by atoms with Crippen LogP contribution in [0.1, 0.15) is 6.42 Å². The van der Waals surface area contributed by atoms with E-state index in [4.69, 9.17) is 5.11 Å². The van der Waals surface area contributed by atoms with Gasteiger partial charge < -0.3 is 5.11 Å². The summed E-state index contributed by atoms with van der Waals surface area (Å²) in [5, 5.41) is 8.84. The number of carbonyl (C=O) groups is 1. The van der Waals surface area contributed by atoms with Crippen LogP contribution in [0.4, 0.5) is 4.39 Å².